The average Bonchev–Trinajstić information content (AvgIpc) is 2.98. The third kappa shape index (κ3) is 4.04. The molecule has 3 aliphatic heterocycles. The zero-order valence-electron chi connectivity index (χ0n) is 23.2. The summed E-state index contributed by atoms with van der Waals surface area (Å²) in [6.07, 6.45) is -0.453. The Kier molecular flexibility index (Phi) is 7.41. The van der Waals surface area contributed by atoms with Crippen molar-refractivity contribution in [3.63, 3.8) is 0 Å². The van der Waals surface area contributed by atoms with E-state index in [4.69, 9.17) is 22.5 Å². The fourth-order valence-electron chi connectivity index (χ4n) is 6.07. The molecule has 2 bridgehead atoms. The summed E-state index contributed by atoms with van der Waals surface area (Å²) in [6.45, 7) is 21.3. The van der Waals surface area contributed by atoms with E-state index in [1.807, 2.05) is 6.92 Å². The van der Waals surface area contributed by atoms with Gasteiger partial charge in [0.05, 0.1) is 12.6 Å². The Morgan fingerprint density at radius 2 is 1.58 bits per heavy atom. The van der Waals surface area contributed by atoms with Gasteiger partial charge in [0.2, 0.25) is 0 Å². The second-order valence-corrected chi connectivity index (χ2v) is 20.7. The topological polar surface area (TPSA) is 113 Å². The van der Waals surface area contributed by atoms with E-state index >= 15 is 0 Å². The summed E-state index contributed by atoms with van der Waals surface area (Å²) in [5, 5.41) is 0. The lowest BCUT2D eigenvalue weighted by atomic mass is 9.88. The number of aryl methyl sites for hydroxylation is 1. The van der Waals surface area contributed by atoms with Crippen LogP contribution in [0.25, 0.3) is 0 Å². The van der Waals surface area contributed by atoms with Crippen LogP contribution in [0.3, 0.4) is 0 Å². The van der Waals surface area contributed by atoms with E-state index in [0.29, 0.717) is 5.56 Å². The number of hydrogen-bond donors (Lipinski definition) is 2. The van der Waals surface area contributed by atoms with Crippen molar-refractivity contribution in [2.24, 2.45) is 0 Å². The second-order valence-electron chi connectivity index (χ2n) is 11.9. The van der Waals surface area contributed by atoms with Crippen molar-refractivity contribution in [2.75, 3.05) is 6.61 Å². The second kappa shape index (κ2) is 9.56. The SMILES string of the molecule is Cc1cn([C@@H]2O[C@]34CO[Si](C(C)C)(C(C)C)O[Si](C(C)C)(C(C)C)OC3C2ON[C@H]4C)c(=O)[nH]c1=O. The van der Waals surface area contributed by atoms with Crippen LogP contribution in [0.4, 0.5) is 0 Å². The standard InChI is InChI=1S/C24H43N3O7Si2/c1-13(2)35(14(3)4)30-12-24-18(10)26-32-19(20(24)33-36(34-35,15(5)6)16(7)8)22(31-24)27-11-17(9)21(28)25-23(27)29/h11,13-16,18-20,22,26H,12H2,1-10H3,(H,25,28,29)/t18-,19?,20?,22+,24-/m0/s1. The van der Waals surface area contributed by atoms with Crippen LogP contribution in [0.15, 0.2) is 15.8 Å². The van der Waals surface area contributed by atoms with Crippen LogP contribution >= 0.6 is 0 Å². The minimum Gasteiger partial charge on any atom is -0.414 e. The van der Waals surface area contributed by atoms with Gasteiger partial charge in [0.25, 0.3) is 5.56 Å². The number of aromatic nitrogens is 2. The first kappa shape index (κ1) is 27.9. The molecule has 3 fully saturated rings. The van der Waals surface area contributed by atoms with E-state index in [1.165, 1.54) is 10.8 Å². The Bertz CT molecular complexity index is 1070. The molecule has 0 aromatic carbocycles. The largest absolute Gasteiger partial charge is 0.414 e. The molecule has 36 heavy (non-hydrogen) atoms. The molecule has 4 heterocycles. The molecule has 10 nitrogen and oxygen atoms in total. The lowest BCUT2D eigenvalue weighted by Crippen LogP contribution is -2.73. The van der Waals surface area contributed by atoms with E-state index in [1.54, 1.807) is 6.92 Å². The number of aromatic amines is 1. The molecular weight excluding hydrogens is 498 g/mol. The van der Waals surface area contributed by atoms with Gasteiger partial charge in [-0.1, -0.05) is 55.4 Å². The highest BCUT2D eigenvalue weighted by molar-refractivity contribution is 6.84. The summed E-state index contributed by atoms with van der Waals surface area (Å²) in [5.41, 5.74) is 2.31. The summed E-state index contributed by atoms with van der Waals surface area (Å²) >= 11 is 0. The molecule has 0 saturated carbocycles. The van der Waals surface area contributed by atoms with Crippen molar-refractivity contribution in [2.45, 2.75) is 121 Å². The van der Waals surface area contributed by atoms with Gasteiger partial charge in [0.1, 0.15) is 11.7 Å². The number of hydroxylamine groups is 1. The van der Waals surface area contributed by atoms with Gasteiger partial charge in [-0.05, 0) is 36.0 Å². The lowest BCUT2D eigenvalue weighted by Gasteiger charge is -2.55. The fraction of sp³-hybridized carbons (Fsp3) is 0.833. The van der Waals surface area contributed by atoms with Crippen LogP contribution in [-0.2, 0) is 22.5 Å². The maximum Gasteiger partial charge on any atom is 0.335 e. The molecule has 0 radical (unpaired) electrons. The Morgan fingerprint density at radius 1 is 1.00 bits per heavy atom. The number of rotatable bonds is 5. The zero-order chi connectivity index (χ0) is 26.8. The van der Waals surface area contributed by atoms with Crippen LogP contribution in [0.5, 0.6) is 0 Å². The van der Waals surface area contributed by atoms with Gasteiger partial charge in [-0.2, -0.15) is 5.48 Å². The highest BCUT2D eigenvalue weighted by Gasteiger charge is 2.69. The van der Waals surface area contributed by atoms with E-state index in [2.05, 4.69) is 65.9 Å². The third-order valence-corrected chi connectivity index (χ3v) is 18.5. The molecule has 3 saturated heterocycles. The summed E-state index contributed by atoms with van der Waals surface area (Å²) < 4.78 is 29.7. The molecule has 0 amide bonds. The zero-order valence-corrected chi connectivity index (χ0v) is 25.2. The van der Waals surface area contributed by atoms with Crippen molar-refractivity contribution < 1.29 is 22.5 Å². The molecule has 5 atom stereocenters. The molecule has 204 valence electrons. The predicted octanol–water partition coefficient (Wildman–Crippen LogP) is 3.36. The van der Waals surface area contributed by atoms with Gasteiger partial charge < -0.3 is 17.7 Å². The average molecular weight is 542 g/mol. The van der Waals surface area contributed by atoms with Crippen molar-refractivity contribution in [3.05, 3.63) is 32.6 Å². The monoisotopic (exact) mass is 541 g/mol. The first-order valence-corrected chi connectivity index (χ1v) is 17.1. The van der Waals surface area contributed by atoms with Gasteiger partial charge in [-0.3, -0.25) is 19.2 Å². The Balaban J connectivity index is 1.91. The molecule has 1 aromatic heterocycles. The van der Waals surface area contributed by atoms with E-state index in [-0.39, 0.29) is 34.8 Å². The van der Waals surface area contributed by atoms with E-state index in [9.17, 15) is 9.59 Å². The Morgan fingerprint density at radius 3 is 2.14 bits per heavy atom. The number of nitrogens with zero attached hydrogens (tertiary/aromatic N) is 1. The Labute approximate surface area is 215 Å². The smallest absolute Gasteiger partial charge is 0.335 e. The minimum absolute atomic E-state index is 0.140. The Hall–Kier alpha value is -1.13. The first-order chi connectivity index (χ1) is 16.7. The van der Waals surface area contributed by atoms with Crippen molar-refractivity contribution in [1.82, 2.24) is 15.0 Å². The third-order valence-electron chi connectivity index (χ3n) is 8.31. The van der Waals surface area contributed by atoms with Crippen LogP contribution in [0, 0.1) is 6.92 Å². The summed E-state index contributed by atoms with van der Waals surface area (Å²) in [4.78, 5) is 33.4. The summed E-state index contributed by atoms with van der Waals surface area (Å²) in [7, 11) is -5.72. The predicted molar refractivity (Wildman–Crippen MR) is 140 cm³/mol. The molecule has 0 spiro atoms. The van der Waals surface area contributed by atoms with Crippen LogP contribution in [0.1, 0.15) is 74.1 Å². The van der Waals surface area contributed by atoms with Gasteiger partial charge >= 0.3 is 22.8 Å². The van der Waals surface area contributed by atoms with E-state index < -0.39 is 52.4 Å². The minimum atomic E-state index is -2.93. The van der Waals surface area contributed by atoms with Crippen LogP contribution < -0.4 is 16.7 Å². The van der Waals surface area contributed by atoms with Crippen LogP contribution in [-0.4, -0.2) is 57.1 Å². The molecule has 3 aliphatic rings. The fourth-order valence-corrected chi connectivity index (χ4v) is 17.3. The number of nitrogens with one attached hydrogen (secondary N) is 2. The van der Waals surface area contributed by atoms with Gasteiger partial charge in [-0.15, -0.1) is 0 Å². The molecule has 4 rings (SSSR count). The molecule has 1 aromatic rings. The summed E-state index contributed by atoms with van der Waals surface area (Å²) in [6, 6.07) is -0.279. The highest BCUT2D eigenvalue weighted by Crippen LogP contribution is 2.53. The van der Waals surface area contributed by atoms with Crippen molar-refractivity contribution in [1.29, 1.82) is 0 Å². The molecule has 12 heteroatoms. The maximum absolute atomic E-state index is 12.9. The summed E-state index contributed by atoms with van der Waals surface area (Å²) in [5.74, 6) is 0. The molecule has 2 unspecified atom stereocenters. The maximum atomic E-state index is 12.9. The first-order valence-electron chi connectivity index (χ1n) is 13.1. The molecule has 2 N–H and O–H groups in total. The van der Waals surface area contributed by atoms with Crippen molar-refractivity contribution in [3.8, 4) is 0 Å². The molecular formula is C24H43N3O7Si2. The number of ether oxygens (including phenoxy) is 1. The molecule has 0 aliphatic carbocycles. The van der Waals surface area contributed by atoms with Gasteiger partial charge in [0.15, 0.2) is 12.3 Å². The highest BCUT2D eigenvalue weighted by atomic mass is 28.5. The lowest BCUT2D eigenvalue weighted by molar-refractivity contribution is -0.188. The van der Waals surface area contributed by atoms with Crippen LogP contribution in [0.2, 0.25) is 22.2 Å². The number of hydrogen-bond acceptors (Lipinski definition) is 8. The normalized spacial score (nSPS) is 33.7. The van der Waals surface area contributed by atoms with Gasteiger partial charge in [-0.25, -0.2) is 4.79 Å². The quantitative estimate of drug-likeness (QED) is 0.546. The number of H-pyrrole nitrogens is 1. The van der Waals surface area contributed by atoms with Gasteiger partial charge in [0, 0.05) is 11.8 Å². The van der Waals surface area contributed by atoms with E-state index in [0.717, 1.165) is 0 Å². The van der Waals surface area contributed by atoms with Crippen molar-refractivity contribution >= 4 is 17.1 Å².